The zero-order chi connectivity index (χ0) is 22.8. The van der Waals surface area contributed by atoms with Crippen LogP contribution in [0.3, 0.4) is 0 Å². The molecule has 0 aliphatic heterocycles. The van der Waals surface area contributed by atoms with E-state index in [1.807, 2.05) is 35.0 Å². The third-order valence-corrected chi connectivity index (χ3v) is 5.78. The maximum atomic E-state index is 12.6. The number of methoxy groups -OCH3 is 2. The molecule has 0 saturated heterocycles. The average molecular weight is 455 g/mol. The van der Waals surface area contributed by atoms with Crippen LogP contribution in [0, 0.1) is 6.92 Å². The van der Waals surface area contributed by atoms with Gasteiger partial charge < -0.3 is 23.8 Å². The lowest BCUT2D eigenvalue weighted by atomic mass is 10.0. The molecule has 7 nitrogen and oxygen atoms in total. The quantitative estimate of drug-likeness (QED) is 0.425. The minimum Gasteiger partial charge on any atom is -0.493 e. The highest BCUT2D eigenvalue weighted by molar-refractivity contribution is 6.31. The number of carbonyl (C=O) groups excluding carboxylic acids is 1. The van der Waals surface area contributed by atoms with Crippen molar-refractivity contribution in [2.45, 2.75) is 19.9 Å². The summed E-state index contributed by atoms with van der Waals surface area (Å²) in [6.45, 7) is 2.79. The largest absolute Gasteiger partial charge is 0.493 e. The lowest BCUT2D eigenvalue weighted by Gasteiger charge is -2.13. The SMILES string of the molecule is COc1ccc2c(C)c(CC(=O)NCCn3ccc4ccc(Cl)cc43)c(=O)oc2c1OC. The predicted molar refractivity (Wildman–Crippen MR) is 124 cm³/mol. The molecule has 1 amide bonds. The van der Waals surface area contributed by atoms with Crippen LogP contribution >= 0.6 is 11.6 Å². The minimum absolute atomic E-state index is 0.0727. The zero-order valence-electron chi connectivity index (χ0n) is 18.0. The summed E-state index contributed by atoms with van der Waals surface area (Å²) in [6, 6.07) is 11.2. The van der Waals surface area contributed by atoms with E-state index in [4.69, 9.17) is 25.5 Å². The molecule has 8 heteroatoms. The van der Waals surface area contributed by atoms with E-state index in [2.05, 4.69) is 5.32 Å². The Morgan fingerprint density at radius 1 is 1.16 bits per heavy atom. The number of halogens is 1. The van der Waals surface area contributed by atoms with Crippen molar-refractivity contribution in [3.8, 4) is 11.5 Å². The first-order valence-corrected chi connectivity index (χ1v) is 10.5. The summed E-state index contributed by atoms with van der Waals surface area (Å²) in [7, 11) is 2.99. The molecule has 0 atom stereocenters. The van der Waals surface area contributed by atoms with Gasteiger partial charge in [0.15, 0.2) is 11.3 Å². The number of aryl methyl sites for hydroxylation is 1. The van der Waals surface area contributed by atoms with Gasteiger partial charge in [-0.25, -0.2) is 4.79 Å². The second kappa shape index (κ2) is 8.96. The van der Waals surface area contributed by atoms with Gasteiger partial charge in [0.25, 0.3) is 0 Å². The van der Waals surface area contributed by atoms with E-state index in [9.17, 15) is 9.59 Å². The molecule has 0 aliphatic rings. The summed E-state index contributed by atoms with van der Waals surface area (Å²) < 4.78 is 18.2. The Bertz CT molecular complexity index is 1370. The van der Waals surface area contributed by atoms with Crippen LogP contribution < -0.4 is 20.4 Å². The van der Waals surface area contributed by atoms with Crippen LogP contribution in [0.4, 0.5) is 0 Å². The standard InChI is InChI=1S/C24H23ClN2O5/c1-14-17-6-7-20(30-2)23(31-3)22(17)32-24(29)18(14)13-21(28)26-9-11-27-10-8-15-4-5-16(25)12-19(15)27/h4-8,10,12H,9,11,13H2,1-3H3,(H,26,28). The Balaban J connectivity index is 1.49. The molecule has 2 aromatic carbocycles. The fraction of sp³-hybridized carbons (Fsp3) is 0.250. The van der Waals surface area contributed by atoms with Gasteiger partial charge in [0.05, 0.1) is 26.2 Å². The third kappa shape index (κ3) is 4.03. The molecule has 0 radical (unpaired) electrons. The fourth-order valence-electron chi connectivity index (χ4n) is 3.86. The Hall–Kier alpha value is -3.45. The van der Waals surface area contributed by atoms with Gasteiger partial charge >= 0.3 is 5.63 Å². The van der Waals surface area contributed by atoms with Crippen LogP contribution in [0.2, 0.25) is 5.02 Å². The first kappa shape index (κ1) is 21.8. The van der Waals surface area contributed by atoms with E-state index < -0.39 is 5.63 Å². The molecular formula is C24H23ClN2O5. The molecule has 4 rings (SSSR count). The molecule has 2 aromatic heterocycles. The summed E-state index contributed by atoms with van der Waals surface area (Å²) >= 11 is 6.09. The van der Waals surface area contributed by atoms with Crippen molar-refractivity contribution in [2.75, 3.05) is 20.8 Å². The van der Waals surface area contributed by atoms with E-state index in [0.717, 1.165) is 10.9 Å². The lowest BCUT2D eigenvalue weighted by molar-refractivity contribution is -0.120. The number of nitrogens with zero attached hydrogens (tertiary/aromatic N) is 1. The number of nitrogens with one attached hydrogen (secondary N) is 1. The Morgan fingerprint density at radius 3 is 2.72 bits per heavy atom. The normalized spacial score (nSPS) is 11.1. The maximum Gasteiger partial charge on any atom is 0.340 e. The van der Waals surface area contributed by atoms with Crippen molar-refractivity contribution in [3.63, 3.8) is 0 Å². The van der Waals surface area contributed by atoms with E-state index in [-0.39, 0.29) is 12.3 Å². The molecule has 0 unspecified atom stereocenters. The molecular weight excluding hydrogens is 432 g/mol. The Kier molecular flexibility index (Phi) is 6.10. The van der Waals surface area contributed by atoms with Crippen molar-refractivity contribution in [1.82, 2.24) is 9.88 Å². The monoisotopic (exact) mass is 454 g/mol. The number of hydrogen-bond acceptors (Lipinski definition) is 5. The van der Waals surface area contributed by atoms with Crippen LogP contribution in [-0.2, 0) is 17.8 Å². The van der Waals surface area contributed by atoms with E-state index in [0.29, 0.717) is 51.7 Å². The first-order valence-electron chi connectivity index (χ1n) is 10.1. The molecule has 0 aliphatic carbocycles. The smallest absolute Gasteiger partial charge is 0.340 e. The van der Waals surface area contributed by atoms with E-state index in [1.54, 1.807) is 19.1 Å². The fourth-order valence-corrected chi connectivity index (χ4v) is 4.03. The first-order chi connectivity index (χ1) is 15.4. The number of ether oxygens (including phenoxy) is 2. The lowest BCUT2D eigenvalue weighted by Crippen LogP contribution is -2.30. The van der Waals surface area contributed by atoms with Crippen LogP contribution in [0.1, 0.15) is 11.1 Å². The number of rotatable bonds is 7. The van der Waals surface area contributed by atoms with Gasteiger partial charge in [-0.15, -0.1) is 0 Å². The van der Waals surface area contributed by atoms with Crippen molar-refractivity contribution in [2.24, 2.45) is 0 Å². The average Bonchev–Trinajstić information content (AvgIpc) is 3.17. The number of carbonyl (C=O) groups is 1. The van der Waals surface area contributed by atoms with Gasteiger partial charge in [-0.05, 0) is 48.2 Å². The number of benzene rings is 2. The summed E-state index contributed by atoms with van der Waals surface area (Å²) in [6.07, 6.45) is 1.88. The highest BCUT2D eigenvalue weighted by Gasteiger charge is 2.19. The molecule has 0 saturated carbocycles. The highest BCUT2D eigenvalue weighted by atomic mass is 35.5. The predicted octanol–water partition coefficient (Wildman–Crippen LogP) is 4.09. The summed E-state index contributed by atoms with van der Waals surface area (Å²) in [5, 5.41) is 5.31. The Morgan fingerprint density at radius 2 is 1.97 bits per heavy atom. The molecule has 4 aromatic rings. The van der Waals surface area contributed by atoms with Gasteiger partial charge in [0, 0.05) is 35.2 Å². The van der Waals surface area contributed by atoms with Crippen LogP contribution in [0.25, 0.3) is 21.9 Å². The molecule has 0 fully saturated rings. The number of hydrogen-bond donors (Lipinski definition) is 1. The molecule has 2 heterocycles. The van der Waals surface area contributed by atoms with Gasteiger partial charge in [-0.2, -0.15) is 0 Å². The molecule has 166 valence electrons. The second-order valence-corrected chi connectivity index (χ2v) is 7.85. The second-order valence-electron chi connectivity index (χ2n) is 7.41. The topological polar surface area (TPSA) is 82.7 Å². The summed E-state index contributed by atoms with van der Waals surface area (Å²) in [5.41, 5.74) is 1.74. The molecule has 32 heavy (non-hydrogen) atoms. The minimum atomic E-state index is -0.567. The van der Waals surface area contributed by atoms with Gasteiger partial charge in [0.1, 0.15) is 0 Å². The van der Waals surface area contributed by atoms with E-state index in [1.165, 1.54) is 14.2 Å². The van der Waals surface area contributed by atoms with Gasteiger partial charge in [-0.3, -0.25) is 4.79 Å². The zero-order valence-corrected chi connectivity index (χ0v) is 18.8. The summed E-state index contributed by atoms with van der Waals surface area (Å²) in [4.78, 5) is 25.2. The highest BCUT2D eigenvalue weighted by Crippen LogP contribution is 2.36. The van der Waals surface area contributed by atoms with Crippen molar-refractivity contribution >= 4 is 39.4 Å². The van der Waals surface area contributed by atoms with Crippen LogP contribution in [0.15, 0.2) is 51.8 Å². The van der Waals surface area contributed by atoms with Crippen molar-refractivity contribution < 1.29 is 18.7 Å². The summed E-state index contributed by atoms with van der Waals surface area (Å²) in [5.74, 6) is 0.557. The third-order valence-electron chi connectivity index (χ3n) is 5.55. The van der Waals surface area contributed by atoms with E-state index >= 15 is 0 Å². The van der Waals surface area contributed by atoms with Crippen LogP contribution in [0.5, 0.6) is 11.5 Å². The maximum absolute atomic E-state index is 12.6. The molecule has 0 spiro atoms. The van der Waals surface area contributed by atoms with Crippen molar-refractivity contribution in [3.05, 3.63) is 69.2 Å². The Labute approximate surface area is 189 Å². The molecule has 1 N–H and O–H groups in total. The number of amides is 1. The number of fused-ring (bicyclic) bond motifs is 2. The number of aromatic nitrogens is 1. The van der Waals surface area contributed by atoms with Crippen LogP contribution in [-0.4, -0.2) is 31.2 Å². The van der Waals surface area contributed by atoms with Gasteiger partial charge in [0.2, 0.25) is 11.7 Å². The molecule has 0 bridgehead atoms. The van der Waals surface area contributed by atoms with Crippen molar-refractivity contribution in [1.29, 1.82) is 0 Å². The van der Waals surface area contributed by atoms with Gasteiger partial charge in [-0.1, -0.05) is 17.7 Å².